The van der Waals surface area contributed by atoms with Gasteiger partial charge in [0.1, 0.15) is 11.8 Å². The number of methoxy groups -OCH3 is 2. The van der Waals surface area contributed by atoms with E-state index in [-0.39, 0.29) is 27.5 Å². The SMILES string of the molecule is CCN(C(=O)NC(CCC(F)(F)F)C(F)(F)F)C(c1cc(-c2cc(OC)c3nccn3c2)c(OC)cn1)C(F)(F)F. The van der Waals surface area contributed by atoms with Crippen LogP contribution < -0.4 is 14.8 Å². The highest BCUT2D eigenvalue weighted by molar-refractivity contribution is 5.76. The summed E-state index contributed by atoms with van der Waals surface area (Å²) in [7, 11) is 2.59. The molecule has 17 heteroatoms. The zero-order valence-electron chi connectivity index (χ0n) is 21.7. The smallest absolute Gasteiger partial charge is 0.414 e. The zero-order valence-corrected chi connectivity index (χ0v) is 21.7. The monoisotopic (exact) mass is 601 g/mol. The predicted molar refractivity (Wildman–Crippen MR) is 126 cm³/mol. The van der Waals surface area contributed by atoms with Crippen molar-refractivity contribution in [3.63, 3.8) is 0 Å². The van der Waals surface area contributed by atoms with Crippen LogP contribution in [-0.4, -0.2) is 70.6 Å². The van der Waals surface area contributed by atoms with E-state index in [1.54, 1.807) is 6.20 Å². The van der Waals surface area contributed by atoms with E-state index < -0.39 is 61.7 Å². The van der Waals surface area contributed by atoms with Gasteiger partial charge in [-0.05, 0) is 25.5 Å². The molecular formula is C24H24F9N5O3. The highest BCUT2D eigenvalue weighted by Crippen LogP contribution is 2.41. The van der Waals surface area contributed by atoms with Crippen LogP contribution in [0.3, 0.4) is 0 Å². The summed E-state index contributed by atoms with van der Waals surface area (Å²) in [5.74, 6) is 0.278. The number of aromatic nitrogens is 3. The van der Waals surface area contributed by atoms with Crippen molar-refractivity contribution in [3.8, 4) is 22.6 Å². The van der Waals surface area contributed by atoms with Gasteiger partial charge in [-0.2, -0.15) is 39.5 Å². The van der Waals surface area contributed by atoms with Gasteiger partial charge in [0.25, 0.3) is 0 Å². The van der Waals surface area contributed by atoms with Crippen molar-refractivity contribution in [3.05, 3.63) is 42.6 Å². The molecule has 0 aliphatic rings. The van der Waals surface area contributed by atoms with E-state index in [0.29, 0.717) is 5.65 Å². The van der Waals surface area contributed by atoms with Crippen LogP contribution in [0.1, 0.15) is 31.5 Å². The van der Waals surface area contributed by atoms with Gasteiger partial charge in [-0.3, -0.25) is 4.98 Å². The van der Waals surface area contributed by atoms with Crippen LogP contribution in [0, 0.1) is 0 Å². The highest BCUT2D eigenvalue weighted by Gasteiger charge is 2.49. The van der Waals surface area contributed by atoms with Crippen LogP contribution in [0.5, 0.6) is 11.5 Å². The summed E-state index contributed by atoms with van der Waals surface area (Å²) in [5.41, 5.74) is -0.0360. The molecule has 226 valence electrons. The van der Waals surface area contributed by atoms with E-state index in [1.807, 2.05) is 0 Å². The van der Waals surface area contributed by atoms with Gasteiger partial charge in [0.2, 0.25) is 0 Å². The van der Waals surface area contributed by atoms with E-state index in [9.17, 15) is 44.3 Å². The normalized spacial score (nSPS) is 14.0. The Hall–Kier alpha value is -3.92. The summed E-state index contributed by atoms with van der Waals surface area (Å²) in [6.45, 7) is 0.302. The van der Waals surface area contributed by atoms with Crippen molar-refractivity contribution in [1.82, 2.24) is 24.6 Å². The molecule has 3 heterocycles. The minimum Gasteiger partial charge on any atom is -0.494 e. The topological polar surface area (TPSA) is 81.0 Å². The molecular weight excluding hydrogens is 577 g/mol. The lowest BCUT2D eigenvalue weighted by atomic mass is 10.0. The Bertz CT molecular complexity index is 1360. The first-order chi connectivity index (χ1) is 19.0. The van der Waals surface area contributed by atoms with Crippen LogP contribution in [0.2, 0.25) is 0 Å². The molecule has 0 aromatic carbocycles. The van der Waals surface area contributed by atoms with E-state index >= 15 is 0 Å². The summed E-state index contributed by atoms with van der Waals surface area (Å²) in [5, 5.41) is 1.29. The Morgan fingerprint density at radius 2 is 1.66 bits per heavy atom. The molecule has 0 bridgehead atoms. The predicted octanol–water partition coefficient (Wildman–Crippen LogP) is 6.32. The highest BCUT2D eigenvalue weighted by atomic mass is 19.4. The van der Waals surface area contributed by atoms with Crippen molar-refractivity contribution in [2.45, 2.75) is 50.4 Å². The molecule has 0 fully saturated rings. The van der Waals surface area contributed by atoms with Gasteiger partial charge in [-0.25, -0.2) is 9.78 Å². The molecule has 3 aromatic heterocycles. The lowest BCUT2D eigenvalue weighted by Gasteiger charge is -2.34. The number of nitrogens with one attached hydrogen (secondary N) is 1. The van der Waals surface area contributed by atoms with Gasteiger partial charge in [0.05, 0.1) is 26.1 Å². The molecule has 8 nitrogen and oxygen atoms in total. The first-order valence-electron chi connectivity index (χ1n) is 11.8. The fourth-order valence-corrected chi connectivity index (χ4v) is 4.10. The molecule has 2 atom stereocenters. The number of halogens is 9. The van der Waals surface area contributed by atoms with Gasteiger partial charge in [-0.1, -0.05) is 0 Å². The van der Waals surface area contributed by atoms with Crippen molar-refractivity contribution < 1.29 is 53.8 Å². The first-order valence-corrected chi connectivity index (χ1v) is 11.8. The maximum atomic E-state index is 14.4. The first kappa shape index (κ1) is 31.6. The number of fused-ring (bicyclic) bond motifs is 1. The molecule has 0 aliphatic heterocycles. The number of carbonyl (C=O) groups excluding carboxylic acids is 1. The Morgan fingerprint density at radius 3 is 2.20 bits per heavy atom. The fraction of sp³-hybridized carbons (Fsp3) is 0.458. The third-order valence-electron chi connectivity index (χ3n) is 6.01. The Labute approximate surface area is 227 Å². The van der Waals surface area contributed by atoms with E-state index in [2.05, 4.69) is 9.97 Å². The molecule has 0 aliphatic carbocycles. The number of urea groups is 1. The average molecular weight is 601 g/mol. The van der Waals surface area contributed by atoms with E-state index in [1.165, 1.54) is 42.4 Å². The minimum atomic E-state index is -5.36. The van der Waals surface area contributed by atoms with E-state index in [4.69, 9.17) is 9.47 Å². The van der Waals surface area contributed by atoms with Crippen LogP contribution in [0.4, 0.5) is 44.3 Å². The number of carbonyl (C=O) groups is 1. The fourth-order valence-electron chi connectivity index (χ4n) is 4.10. The number of rotatable bonds is 9. The van der Waals surface area contributed by atoms with Gasteiger partial charge in [-0.15, -0.1) is 0 Å². The minimum absolute atomic E-state index is 0.0184. The molecule has 0 radical (unpaired) electrons. The largest absolute Gasteiger partial charge is 0.494 e. The average Bonchev–Trinajstić information content (AvgIpc) is 3.35. The van der Waals surface area contributed by atoms with Gasteiger partial charge in [0.15, 0.2) is 17.4 Å². The number of pyridine rings is 2. The summed E-state index contributed by atoms with van der Waals surface area (Å²) >= 11 is 0. The molecule has 0 saturated heterocycles. The second kappa shape index (κ2) is 11.9. The molecule has 2 unspecified atom stereocenters. The zero-order chi connectivity index (χ0) is 30.8. The second-order valence-electron chi connectivity index (χ2n) is 8.69. The molecule has 0 spiro atoms. The van der Waals surface area contributed by atoms with Crippen molar-refractivity contribution >= 4 is 11.7 Å². The number of imidazole rings is 1. The van der Waals surface area contributed by atoms with Crippen molar-refractivity contribution in [2.24, 2.45) is 0 Å². The Kier molecular flexibility index (Phi) is 9.17. The van der Waals surface area contributed by atoms with Crippen molar-refractivity contribution in [2.75, 3.05) is 20.8 Å². The number of ether oxygens (including phenoxy) is 2. The molecule has 3 aromatic rings. The summed E-state index contributed by atoms with van der Waals surface area (Å²) < 4.78 is 133. The maximum Gasteiger partial charge on any atom is 0.414 e. The van der Waals surface area contributed by atoms with Gasteiger partial charge >= 0.3 is 24.6 Å². The number of nitrogens with zero attached hydrogens (tertiary/aromatic N) is 4. The third kappa shape index (κ3) is 7.43. The Balaban J connectivity index is 2.06. The second-order valence-corrected chi connectivity index (χ2v) is 8.69. The van der Waals surface area contributed by atoms with Crippen LogP contribution >= 0.6 is 0 Å². The van der Waals surface area contributed by atoms with Crippen LogP contribution in [0.25, 0.3) is 16.8 Å². The quantitative estimate of drug-likeness (QED) is 0.291. The summed E-state index contributed by atoms with van der Waals surface area (Å²) in [4.78, 5) is 20.6. The number of hydrogen-bond acceptors (Lipinski definition) is 5. The molecule has 2 amide bonds. The number of amides is 2. The Morgan fingerprint density at radius 1 is 1.00 bits per heavy atom. The van der Waals surface area contributed by atoms with Gasteiger partial charge < -0.3 is 24.1 Å². The summed E-state index contributed by atoms with van der Waals surface area (Å²) in [6, 6.07) is -5.37. The summed E-state index contributed by atoms with van der Waals surface area (Å²) in [6.07, 6.45) is -13.7. The van der Waals surface area contributed by atoms with Crippen LogP contribution in [-0.2, 0) is 0 Å². The lowest BCUT2D eigenvalue weighted by molar-refractivity contribution is -0.182. The maximum absolute atomic E-state index is 14.4. The number of hydrogen-bond donors (Lipinski definition) is 1. The number of alkyl halides is 9. The molecule has 41 heavy (non-hydrogen) atoms. The molecule has 1 N–H and O–H groups in total. The lowest BCUT2D eigenvalue weighted by Crippen LogP contribution is -2.53. The van der Waals surface area contributed by atoms with Crippen molar-refractivity contribution in [1.29, 1.82) is 0 Å². The standard InChI is InChI=1S/C24H24F9N5O3/c1-4-38(21(39)36-18(23(28,29)30)5-6-22(25,26)27)19(24(31,32)33)15-10-14(17(41-3)11-35-15)13-9-16(40-2)20-34-7-8-37(20)12-13/h7-12,18-19H,4-6H2,1-3H3,(H,36,39). The molecule has 3 rings (SSSR count). The third-order valence-corrected chi connectivity index (χ3v) is 6.01. The van der Waals surface area contributed by atoms with E-state index in [0.717, 1.165) is 19.2 Å². The molecule has 0 saturated carbocycles. The van der Waals surface area contributed by atoms with Gasteiger partial charge in [0, 0.05) is 42.7 Å². The van der Waals surface area contributed by atoms with Crippen LogP contribution in [0.15, 0.2) is 36.9 Å².